The number of nitrogens with one attached hydrogen (secondary N) is 2. The number of carbonyl (C=O) groups is 1. The molecule has 1 heterocycles. The van der Waals surface area contributed by atoms with E-state index in [-0.39, 0.29) is 18.0 Å². The molecule has 21 heavy (non-hydrogen) atoms. The molecule has 2 atom stereocenters. The molecule has 2 aromatic rings. The zero-order valence-electron chi connectivity index (χ0n) is 12.4. The Morgan fingerprint density at radius 1 is 1.14 bits per heavy atom. The molecule has 0 saturated carbocycles. The molecular formula is C18H20N2O. The van der Waals surface area contributed by atoms with E-state index in [1.165, 1.54) is 11.1 Å². The Hall–Kier alpha value is -2.13. The van der Waals surface area contributed by atoms with Gasteiger partial charge in [0.15, 0.2) is 0 Å². The van der Waals surface area contributed by atoms with Crippen LogP contribution in [0.4, 0.5) is 5.69 Å². The first-order valence-electron chi connectivity index (χ1n) is 7.43. The number of hydrogen-bond acceptors (Lipinski definition) is 2. The summed E-state index contributed by atoms with van der Waals surface area (Å²) in [6.45, 7) is 4.24. The molecule has 0 radical (unpaired) electrons. The summed E-state index contributed by atoms with van der Waals surface area (Å²) >= 11 is 0. The molecule has 2 unspecified atom stereocenters. The third kappa shape index (κ3) is 2.69. The summed E-state index contributed by atoms with van der Waals surface area (Å²) in [4.78, 5) is 12.1. The van der Waals surface area contributed by atoms with Gasteiger partial charge in [-0.05, 0) is 30.5 Å². The molecule has 3 rings (SSSR count). The van der Waals surface area contributed by atoms with Crippen LogP contribution in [0.5, 0.6) is 0 Å². The molecule has 0 aromatic heterocycles. The van der Waals surface area contributed by atoms with Gasteiger partial charge in [0, 0.05) is 17.3 Å². The molecule has 3 heteroatoms. The summed E-state index contributed by atoms with van der Waals surface area (Å²) in [6.07, 6.45) is 1.04. The maximum Gasteiger partial charge on any atom is 0.246 e. The number of hydrogen-bond donors (Lipinski definition) is 2. The normalized spacial score (nSPS) is 18.2. The summed E-state index contributed by atoms with van der Waals surface area (Å²) in [7, 11) is 0. The fourth-order valence-electron chi connectivity index (χ4n) is 2.76. The van der Waals surface area contributed by atoms with E-state index in [1.807, 2.05) is 24.3 Å². The van der Waals surface area contributed by atoms with Crippen molar-refractivity contribution >= 4 is 11.6 Å². The summed E-state index contributed by atoms with van der Waals surface area (Å²) in [5.74, 6) is 0.0215. The zero-order valence-corrected chi connectivity index (χ0v) is 12.4. The maximum absolute atomic E-state index is 12.1. The van der Waals surface area contributed by atoms with Gasteiger partial charge in [-0.15, -0.1) is 0 Å². The third-order valence-electron chi connectivity index (χ3n) is 4.10. The largest absolute Gasteiger partial charge is 0.324 e. The summed E-state index contributed by atoms with van der Waals surface area (Å²) in [5.41, 5.74) is 4.47. The van der Waals surface area contributed by atoms with E-state index < -0.39 is 0 Å². The van der Waals surface area contributed by atoms with Crippen molar-refractivity contribution in [1.29, 1.82) is 0 Å². The maximum atomic E-state index is 12.1. The van der Waals surface area contributed by atoms with E-state index in [4.69, 9.17) is 0 Å². The van der Waals surface area contributed by atoms with E-state index in [9.17, 15) is 4.79 Å². The molecular weight excluding hydrogens is 260 g/mol. The standard InChI is InChI=1S/C18H20N2O/c1-3-13-8-10-14(11-9-13)12(2)19-17-15-6-4-5-7-16(15)20-18(17)21/h4-12,17,19H,3H2,1-2H3,(H,20,21). The van der Waals surface area contributed by atoms with Gasteiger partial charge < -0.3 is 5.32 Å². The number of aryl methyl sites for hydroxylation is 1. The zero-order chi connectivity index (χ0) is 14.8. The number of rotatable bonds is 4. The minimum atomic E-state index is -0.276. The molecule has 1 aliphatic heterocycles. The van der Waals surface area contributed by atoms with Crippen LogP contribution in [0.1, 0.15) is 42.6 Å². The third-order valence-corrected chi connectivity index (χ3v) is 4.10. The SMILES string of the molecule is CCc1ccc(C(C)NC2C(=O)Nc3ccccc32)cc1. The van der Waals surface area contributed by atoms with E-state index in [0.717, 1.165) is 17.7 Å². The van der Waals surface area contributed by atoms with Crippen LogP contribution in [0.2, 0.25) is 0 Å². The molecule has 0 saturated heterocycles. The Labute approximate surface area is 125 Å². The molecule has 0 bridgehead atoms. The quantitative estimate of drug-likeness (QED) is 0.898. The molecule has 0 aliphatic carbocycles. The average molecular weight is 280 g/mol. The first-order chi connectivity index (χ1) is 10.2. The second-order valence-electron chi connectivity index (χ2n) is 5.49. The summed E-state index contributed by atoms with van der Waals surface area (Å²) in [5, 5.41) is 6.35. The highest BCUT2D eigenvalue weighted by Crippen LogP contribution is 2.32. The smallest absolute Gasteiger partial charge is 0.246 e. The van der Waals surface area contributed by atoms with Gasteiger partial charge >= 0.3 is 0 Å². The lowest BCUT2D eigenvalue weighted by Crippen LogP contribution is -2.29. The highest BCUT2D eigenvalue weighted by molar-refractivity contribution is 6.02. The number of amides is 1. The predicted molar refractivity (Wildman–Crippen MR) is 85.2 cm³/mol. The number of carbonyl (C=O) groups excluding carboxylic acids is 1. The van der Waals surface area contributed by atoms with Crippen LogP contribution in [0, 0.1) is 0 Å². The predicted octanol–water partition coefficient (Wildman–Crippen LogP) is 3.59. The van der Waals surface area contributed by atoms with Crippen LogP contribution < -0.4 is 10.6 Å². The van der Waals surface area contributed by atoms with Gasteiger partial charge in [-0.2, -0.15) is 0 Å². The Morgan fingerprint density at radius 3 is 2.57 bits per heavy atom. The van der Waals surface area contributed by atoms with Crippen LogP contribution in [-0.2, 0) is 11.2 Å². The Kier molecular flexibility index (Phi) is 3.76. The highest BCUT2D eigenvalue weighted by atomic mass is 16.2. The van der Waals surface area contributed by atoms with Crippen LogP contribution in [0.15, 0.2) is 48.5 Å². The molecule has 2 aromatic carbocycles. The van der Waals surface area contributed by atoms with Crippen molar-refractivity contribution in [3.8, 4) is 0 Å². The first kappa shape index (κ1) is 13.8. The Bertz CT molecular complexity index is 649. The monoisotopic (exact) mass is 280 g/mol. The summed E-state index contributed by atoms with van der Waals surface area (Å²) in [6, 6.07) is 16.3. The van der Waals surface area contributed by atoms with Crippen molar-refractivity contribution in [2.45, 2.75) is 32.4 Å². The summed E-state index contributed by atoms with van der Waals surface area (Å²) < 4.78 is 0. The number of benzene rings is 2. The highest BCUT2D eigenvalue weighted by Gasteiger charge is 2.30. The number of anilines is 1. The second kappa shape index (κ2) is 5.70. The van der Waals surface area contributed by atoms with Gasteiger partial charge in [-0.25, -0.2) is 0 Å². The van der Waals surface area contributed by atoms with Gasteiger partial charge in [0.25, 0.3) is 0 Å². The van der Waals surface area contributed by atoms with Crippen LogP contribution in [-0.4, -0.2) is 5.91 Å². The average Bonchev–Trinajstić information content (AvgIpc) is 2.83. The van der Waals surface area contributed by atoms with Gasteiger partial charge in [-0.1, -0.05) is 49.4 Å². The lowest BCUT2D eigenvalue weighted by molar-refractivity contribution is -0.117. The second-order valence-corrected chi connectivity index (χ2v) is 5.49. The van der Waals surface area contributed by atoms with E-state index in [2.05, 4.69) is 48.7 Å². The van der Waals surface area contributed by atoms with E-state index in [1.54, 1.807) is 0 Å². The molecule has 1 aliphatic rings. The Morgan fingerprint density at radius 2 is 1.86 bits per heavy atom. The minimum absolute atomic E-state index is 0.0215. The van der Waals surface area contributed by atoms with Crippen molar-refractivity contribution in [1.82, 2.24) is 5.32 Å². The molecule has 108 valence electrons. The van der Waals surface area contributed by atoms with Crippen molar-refractivity contribution in [3.63, 3.8) is 0 Å². The van der Waals surface area contributed by atoms with Crippen molar-refractivity contribution < 1.29 is 4.79 Å². The molecule has 0 fully saturated rings. The first-order valence-corrected chi connectivity index (χ1v) is 7.43. The molecule has 2 N–H and O–H groups in total. The van der Waals surface area contributed by atoms with Crippen LogP contribution in [0.3, 0.4) is 0 Å². The minimum Gasteiger partial charge on any atom is -0.324 e. The number of para-hydroxylation sites is 1. The van der Waals surface area contributed by atoms with Crippen LogP contribution in [0.25, 0.3) is 0 Å². The molecule has 1 amide bonds. The lowest BCUT2D eigenvalue weighted by atomic mass is 10.0. The van der Waals surface area contributed by atoms with E-state index >= 15 is 0 Å². The van der Waals surface area contributed by atoms with Crippen molar-refractivity contribution in [2.75, 3.05) is 5.32 Å². The van der Waals surface area contributed by atoms with E-state index in [0.29, 0.717) is 0 Å². The lowest BCUT2D eigenvalue weighted by Gasteiger charge is -2.19. The fourth-order valence-corrected chi connectivity index (χ4v) is 2.76. The van der Waals surface area contributed by atoms with Gasteiger partial charge in [0.2, 0.25) is 5.91 Å². The topological polar surface area (TPSA) is 41.1 Å². The molecule has 3 nitrogen and oxygen atoms in total. The van der Waals surface area contributed by atoms with Gasteiger partial charge in [-0.3, -0.25) is 10.1 Å². The van der Waals surface area contributed by atoms with Gasteiger partial charge in [0.05, 0.1) is 0 Å². The van der Waals surface area contributed by atoms with Crippen molar-refractivity contribution in [3.05, 3.63) is 65.2 Å². The van der Waals surface area contributed by atoms with Crippen molar-refractivity contribution in [2.24, 2.45) is 0 Å². The fraction of sp³-hybridized carbons (Fsp3) is 0.278. The molecule has 0 spiro atoms. The van der Waals surface area contributed by atoms with Crippen LogP contribution >= 0.6 is 0 Å². The number of fused-ring (bicyclic) bond motifs is 1. The Balaban J connectivity index is 1.78. The van der Waals surface area contributed by atoms with Gasteiger partial charge in [0.1, 0.15) is 6.04 Å².